The van der Waals surface area contributed by atoms with Gasteiger partial charge >= 0.3 is 0 Å². The van der Waals surface area contributed by atoms with E-state index in [0.29, 0.717) is 12.8 Å². The summed E-state index contributed by atoms with van der Waals surface area (Å²) in [5.41, 5.74) is 0. The summed E-state index contributed by atoms with van der Waals surface area (Å²) in [6, 6.07) is -1.18. The van der Waals surface area contributed by atoms with Crippen molar-refractivity contribution in [2.45, 2.75) is 287 Å². The molecular weight excluding hydrogens is 823 g/mol. The number of aliphatic hydroxyl groups is 7. The maximum Gasteiger partial charge on any atom is 0.249 e. The minimum absolute atomic E-state index is 0.253. The molecular formula is C54H101NO10. The van der Waals surface area contributed by atoms with Gasteiger partial charge in [-0.1, -0.05) is 204 Å². The number of ether oxygens (including phenoxy) is 2. The molecule has 0 aromatic rings. The fourth-order valence-electron chi connectivity index (χ4n) is 8.54. The van der Waals surface area contributed by atoms with Crippen LogP contribution >= 0.6 is 0 Å². The molecule has 1 amide bonds. The number of allylic oxidation sites excluding steroid dienone is 6. The molecule has 0 radical (unpaired) electrons. The number of nitrogens with one attached hydrogen (secondary N) is 1. The van der Waals surface area contributed by atoms with Crippen molar-refractivity contribution < 1.29 is 50.0 Å². The minimum atomic E-state index is -1.67. The third kappa shape index (κ3) is 32.7. The summed E-state index contributed by atoms with van der Waals surface area (Å²) in [6.07, 6.45) is 40.5. The average molecular weight is 924 g/mol. The van der Waals surface area contributed by atoms with Crippen LogP contribution < -0.4 is 5.32 Å². The lowest BCUT2D eigenvalue weighted by Crippen LogP contribution is -2.60. The summed E-state index contributed by atoms with van der Waals surface area (Å²) in [6.45, 7) is 3.35. The van der Waals surface area contributed by atoms with Gasteiger partial charge in [0.1, 0.15) is 36.6 Å². The molecule has 1 saturated heterocycles. The van der Waals surface area contributed by atoms with Crippen molar-refractivity contribution in [3.05, 3.63) is 36.5 Å². The molecule has 11 nitrogen and oxygen atoms in total. The van der Waals surface area contributed by atoms with Gasteiger partial charge in [0.05, 0.1) is 25.4 Å². The van der Waals surface area contributed by atoms with Gasteiger partial charge in [-0.2, -0.15) is 0 Å². The van der Waals surface area contributed by atoms with Crippen molar-refractivity contribution >= 4 is 5.91 Å². The third-order valence-corrected chi connectivity index (χ3v) is 12.9. The highest BCUT2D eigenvalue weighted by Gasteiger charge is 2.44. The van der Waals surface area contributed by atoms with E-state index in [1.165, 1.54) is 141 Å². The molecule has 65 heavy (non-hydrogen) atoms. The number of aliphatic hydroxyl groups excluding tert-OH is 7. The SMILES string of the molecule is CC/C=C\C/C=C\CCCCCCCCCCCCCCCC(O)C(=O)NC(COC1OC(CO)C(O)C(O)C1O)C(O)C(O)CCC/C=C/CCCCCCCCCCCCCCC. The lowest BCUT2D eigenvalue weighted by molar-refractivity contribution is -0.303. The van der Waals surface area contributed by atoms with Crippen LogP contribution in [0.4, 0.5) is 0 Å². The van der Waals surface area contributed by atoms with Crippen LogP contribution in [0.3, 0.4) is 0 Å². The van der Waals surface area contributed by atoms with E-state index < -0.39 is 74.2 Å². The van der Waals surface area contributed by atoms with E-state index in [1.54, 1.807) is 0 Å². The second-order valence-electron chi connectivity index (χ2n) is 18.9. The van der Waals surface area contributed by atoms with Crippen LogP contribution in [0.15, 0.2) is 36.5 Å². The van der Waals surface area contributed by atoms with Crippen LogP contribution in [0.2, 0.25) is 0 Å². The summed E-state index contributed by atoms with van der Waals surface area (Å²) in [7, 11) is 0. The lowest BCUT2D eigenvalue weighted by atomic mass is 9.98. The normalized spacial score (nSPS) is 21.2. The van der Waals surface area contributed by atoms with E-state index >= 15 is 0 Å². The molecule has 1 aliphatic heterocycles. The second-order valence-corrected chi connectivity index (χ2v) is 18.9. The molecule has 0 aliphatic carbocycles. The molecule has 0 saturated carbocycles. The first-order valence-corrected chi connectivity index (χ1v) is 26.9. The van der Waals surface area contributed by atoms with Crippen LogP contribution in [0.5, 0.6) is 0 Å². The number of rotatable bonds is 45. The van der Waals surface area contributed by atoms with Crippen LogP contribution in [0.1, 0.15) is 232 Å². The largest absolute Gasteiger partial charge is 0.394 e. The molecule has 1 rings (SSSR count). The molecule has 9 unspecified atom stereocenters. The zero-order chi connectivity index (χ0) is 47.6. The summed E-state index contributed by atoms with van der Waals surface area (Å²) in [4.78, 5) is 13.1. The molecule has 1 heterocycles. The number of carbonyl (C=O) groups is 1. The molecule has 0 aromatic heterocycles. The van der Waals surface area contributed by atoms with E-state index in [9.17, 15) is 40.5 Å². The Morgan fingerprint density at radius 2 is 1.00 bits per heavy atom. The van der Waals surface area contributed by atoms with Gasteiger partial charge in [-0.3, -0.25) is 4.79 Å². The second kappa shape index (κ2) is 43.6. The zero-order valence-electron chi connectivity index (χ0n) is 41.5. The van der Waals surface area contributed by atoms with Crippen LogP contribution in [0.25, 0.3) is 0 Å². The lowest BCUT2D eigenvalue weighted by Gasteiger charge is -2.40. The molecule has 9 atom stereocenters. The molecule has 0 spiro atoms. The summed E-state index contributed by atoms with van der Waals surface area (Å²) in [5.74, 6) is -0.706. The first-order chi connectivity index (χ1) is 31.7. The van der Waals surface area contributed by atoms with E-state index in [1.807, 2.05) is 0 Å². The Bertz CT molecular complexity index is 1150. The van der Waals surface area contributed by atoms with Crippen molar-refractivity contribution in [3.63, 3.8) is 0 Å². The summed E-state index contributed by atoms with van der Waals surface area (Å²) >= 11 is 0. The highest BCUT2D eigenvalue weighted by Crippen LogP contribution is 2.23. The number of amides is 1. The maximum atomic E-state index is 13.1. The van der Waals surface area contributed by atoms with Gasteiger partial charge in [0.25, 0.3) is 0 Å². The Hall–Kier alpha value is -1.67. The van der Waals surface area contributed by atoms with Gasteiger partial charge in [-0.05, 0) is 64.2 Å². The number of hydrogen-bond acceptors (Lipinski definition) is 10. The van der Waals surface area contributed by atoms with E-state index in [2.05, 4.69) is 55.6 Å². The van der Waals surface area contributed by atoms with Crippen molar-refractivity contribution in [2.75, 3.05) is 13.2 Å². The third-order valence-electron chi connectivity index (χ3n) is 12.9. The Morgan fingerprint density at radius 1 is 0.554 bits per heavy atom. The molecule has 0 aromatic carbocycles. The van der Waals surface area contributed by atoms with E-state index in [-0.39, 0.29) is 12.8 Å². The predicted octanol–water partition coefficient (Wildman–Crippen LogP) is 10.3. The molecule has 11 heteroatoms. The van der Waals surface area contributed by atoms with Gasteiger partial charge in [0, 0.05) is 0 Å². The monoisotopic (exact) mass is 924 g/mol. The van der Waals surface area contributed by atoms with E-state index in [4.69, 9.17) is 9.47 Å². The first-order valence-electron chi connectivity index (χ1n) is 26.9. The Kier molecular flexibility index (Phi) is 41.1. The van der Waals surface area contributed by atoms with Crippen molar-refractivity contribution in [3.8, 4) is 0 Å². The number of hydrogen-bond donors (Lipinski definition) is 8. The van der Waals surface area contributed by atoms with Gasteiger partial charge < -0.3 is 50.5 Å². The fraction of sp³-hybridized carbons (Fsp3) is 0.870. The zero-order valence-corrected chi connectivity index (χ0v) is 41.5. The van der Waals surface area contributed by atoms with Crippen LogP contribution in [-0.4, -0.2) is 110 Å². The Labute approximate surface area is 397 Å². The van der Waals surface area contributed by atoms with Gasteiger partial charge in [-0.15, -0.1) is 0 Å². The predicted molar refractivity (Wildman–Crippen MR) is 265 cm³/mol. The van der Waals surface area contributed by atoms with Crippen molar-refractivity contribution in [1.82, 2.24) is 5.32 Å². The smallest absolute Gasteiger partial charge is 0.249 e. The Morgan fingerprint density at radius 3 is 1.49 bits per heavy atom. The van der Waals surface area contributed by atoms with E-state index in [0.717, 1.165) is 51.4 Å². The molecule has 382 valence electrons. The first kappa shape index (κ1) is 61.3. The summed E-state index contributed by atoms with van der Waals surface area (Å²) in [5, 5.41) is 76.0. The quantitative estimate of drug-likeness (QED) is 0.0216. The minimum Gasteiger partial charge on any atom is -0.394 e. The van der Waals surface area contributed by atoms with Crippen molar-refractivity contribution in [2.24, 2.45) is 0 Å². The highest BCUT2D eigenvalue weighted by molar-refractivity contribution is 5.80. The van der Waals surface area contributed by atoms with Gasteiger partial charge in [-0.25, -0.2) is 0 Å². The van der Waals surface area contributed by atoms with Gasteiger partial charge in [0.2, 0.25) is 5.91 Å². The van der Waals surface area contributed by atoms with Gasteiger partial charge in [0.15, 0.2) is 6.29 Å². The van der Waals surface area contributed by atoms with Crippen LogP contribution in [-0.2, 0) is 14.3 Å². The fourth-order valence-corrected chi connectivity index (χ4v) is 8.54. The summed E-state index contributed by atoms with van der Waals surface area (Å²) < 4.78 is 11.1. The molecule has 8 N–H and O–H groups in total. The van der Waals surface area contributed by atoms with Crippen LogP contribution in [0, 0.1) is 0 Å². The Balaban J connectivity index is 2.37. The average Bonchev–Trinajstić information content (AvgIpc) is 3.31. The van der Waals surface area contributed by atoms with Crippen molar-refractivity contribution in [1.29, 1.82) is 0 Å². The number of unbranched alkanes of at least 4 members (excludes halogenated alkanes) is 27. The molecule has 1 fully saturated rings. The molecule has 0 bridgehead atoms. The highest BCUT2D eigenvalue weighted by atomic mass is 16.7. The molecule has 1 aliphatic rings. The topological polar surface area (TPSA) is 189 Å². The standard InChI is InChI=1S/C54H101NO10/c1-3-5-7-9-11-13-15-17-19-21-23-24-26-28-30-32-34-36-38-40-42-47(58)53(63)55-45(44-64-54-52(62)51(61)50(60)48(43-56)65-54)49(59)46(57)41-39-37-35-33-31-29-27-25-22-20-18-16-14-12-10-8-6-4-2/h5,7,11,13,33,35,45-52,54,56-62H,3-4,6,8-10,12,14-32,34,36-44H2,1-2H3,(H,55,63)/b7-5-,13-11-,35-33+. The maximum absolute atomic E-state index is 13.1. The number of carbonyl (C=O) groups excluding carboxylic acids is 1.